The van der Waals surface area contributed by atoms with Crippen LogP contribution in [0.3, 0.4) is 0 Å². The molecular weight excluding hydrogens is 392 g/mol. The molecule has 0 amide bonds. The largest absolute Gasteiger partial charge is 0.481 e. The molecule has 0 spiro atoms. The summed E-state index contributed by atoms with van der Waals surface area (Å²) in [6, 6.07) is 21.7. The first-order valence-electron chi connectivity index (χ1n) is 9.95. The van der Waals surface area contributed by atoms with Crippen molar-refractivity contribution in [2.45, 2.75) is 31.7 Å². The predicted molar refractivity (Wildman–Crippen MR) is 126 cm³/mol. The quantitative estimate of drug-likeness (QED) is 0.523. The Bertz CT molecular complexity index is 916. The molecule has 6 heteroatoms. The van der Waals surface area contributed by atoms with Gasteiger partial charge in [-0.1, -0.05) is 79.4 Å². The van der Waals surface area contributed by atoms with E-state index >= 15 is 0 Å². The van der Waals surface area contributed by atoms with Crippen LogP contribution < -0.4 is 25.0 Å². The van der Waals surface area contributed by atoms with E-state index in [2.05, 4.69) is 72.1 Å². The molecule has 0 saturated carbocycles. The van der Waals surface area contributed by atoms with Crippen LogP contribution in [-0.4, -0.2) is 40.3 Å². The van der Waals surface area contributed by atoms with Crippen molar-refractivity contribution in [3.8, 4) is 11.8 Å². The Morgan fingerprint density at radius 3 is 1.69 bits per heavy atom. The van der Waals surface area contributed by atoms with Crippen molar-refractivity contribution < 1.29 is 9.47 Å². The van der Waals surface area contributed by atoms with E-state index in [0.717, 1.165) is 0 Å². The van der Waals surface area contributed by atoms with Crippen LogP contribution in [0.4, 0.5) is 0 Å². The standard InChI is InChI=1S/C23H30N2O2Si2/c1-26-22-13-11-20(17-24-22)28(3,4)15-16-29(5,19-9-7-6-8-10-19)21-12-14-23(27-2)25-18-21/h6-14,17-18H,15-16H2,1-5H3. The van der Waals surface area contributed by atoms with Gasteiger partial charge in [0, 0.05) is 24.5 Å². The second-order valence-corrected chi connectivity index (χ2v) is 17.4. The maximum atomic E-state index is 5.27. The van der Waals surface area contributed by atoms with E-state index in [1.165, 1.54) is 27.6 Å². The fraction of sp³-hybridized carbons (Fsp3) is 0.304. The summed E-state index contributed by atoms with van der Waals surface area (Å²) in [5.74, 6) is 1.34. The Kier molecular flexibility index (Phi) is 6.54. The third-order valence-corrected chi connectivity index (χ3v) is 14.3. The lowest BCUT2D eigenvalue weighted by molar-refractivity contribution is 0.398. The molecule has 2 heterocycles. The monoisotopic (exact) mass is 422 g/mol. The van der Waals surface area contributed by atoms with Crippen molar-refractivity contribution in [1.29, 1.82) is 0 Å². The maximum absolute atomic E-state index is 5.27. The second kappa shape index (κ2) is 8.92. The minimum atomic E-state index is -1.93. The van der Waals surface area contributed by atoms with E-state index in [1.54, 1.807) is 14.2 Å². The number of aromatic nitrogens is 2. The van der Waals surface area contributed by atoms with Gasteiger partial charge in [0.25, 0.3) is 0 Å². The molecular formula is C23H30N2O2Si2. The van der Waals surface area contributed by atoms with Crippen molar-refractivity contribution in [1.82, 2.24) is 9.97 Å². The average Bonchev–Trinajstić information content (AvgIpc) is 2.78. The Balaban J connectivity index is 1.90. The zero-order valence-electron chi connectivity index (χ0n) is 18.0. The highest BCUT2D eigenvalue weighted by atomic mass is 28.3. The number of hydrogen-bond donors (Lipinski definition) is 0. The molecule has 2 aromatic heterocycles. The first-order valence-corrected chi connectivity index (χ1v) is 15.9. The highest BCUT2D eigenvalue weighted by Crippen LogP contribution is 2.22. The Morgan fingerprint density at radius 2 is 1.21 bits per heavy atom. The Hall–Kier alpha value is -2.45. The van der Waals surface area contributed by atoms with Gasteiger partial charge in [-0.2, -0.15) is 0 Å². The van der Waals surface area contributed by atoms with Crippen LogP contribution in [0.2, 0.25) is 31.7 Å². The van der Waals surface area contributed by atoms with Gasteiger partial charge < -0.3 is 9.47 Å². The molecule has 0 bridgehead atoms. The van der Waals surface area contributed by atoms with E-state index in [4.69, 9.17) is 9.47 Å². The van der Waals surface area contributed by atoms with E-state index in [-0.39, 0.29) is 0 Å². The normalized spacial score (nSPS) is 13.6. The first-order chi connectivity index (χ1) is 13.9. The molecule has 3 rings (SSSR count). The molecule has 3 aromatic rings. The number of ether oxygens (including phenoxy) is 2. The topological polar surface area (TPSA) is 44.2 Å². The summed E-state index contributed by atoms with van der Waals surface area (Å²) in [6.07, 6.45) is 4.02. The van der Waals surface area contributed by atoms with Crippen molar-refractivity contribution >= 4 is 31.7 Å². The van der Waals surface area contributed by atoms with Gasteiger partial charge in [0.2, 0.25) is 11.8 Å². The van der Waals surface area contributed by atoms with Crippen molar-refractivity contribution in [2.24, 2.45) is 0 Å². The first kappa shape index (κ1) is 21.3. The SMILES string of the molecule is COc1ccc([Si](C)(C)CC[Si](C)(c2ccccc2)c2ccc(OC)nc2)cn1. The van der Waals surface area contributed by atoms with Crippen LogP contribution in [0, 0.1) is 0 Å². The third-order valence-electron chi connectivity index (χ3n) is 5.97. The number of benzene rings is 1. The van der Waals surface area contributed by atoms with Gasteiger partial charge in [-0.3, -0.25) is 0 Å². The van der Waals surface area contributed by atoms with Crippen LogP contribution in [0.5, 0.6) is 11.8 Å². The Morgan fingerprint density at radius 1 is 0.655 bits per heavy atom. The van der Waals surface area contributed by atoms with E-state index < -0.39 is 16.1 Å². The van der Waals surface area contributed by atoms with Crippen LogP contribution in [-0.2, 0) is 0 Å². The van der Waals surface area contributed by atoms with E-state index in [0.29, 0.717) is 11.8 Å². The van der Waals surface area contributed by atoms with Gasteiger partial charge >= 0.3 is 0 Å². The summed E-state index contributed by atoms with van der Waals surface area (Å²) in [7, 11) is -0.246. The summed E-state index contributed by atoms with van der Waals surface area (Å²) < 4.78 is 10.5. The number of nitrogens with zero attached hydrogens (tertiary/aromatic N) is 2. The lowest BCUT2D eigenvalue weighted by Gasteiger charge is -2.32. The van der Waals surface area contributed by atoms with Crippen LogP contribution in [0.25, 0.3) is 0 Å². The minimum absolute atomic E-state index is 0.664. The zero-order valence-corrected chi connectivity index (χ0v) is 20.0. The highest BCUT2D eigenvalue weighted by molar-refractivity contribution is 7.02. The molecule has 0 N–H and O–H groups in total. The van der Waals surface area contributed by atoms with Crippen molar-refractivity contribution in [3.05, 3.63) is 67.0 Å². The molecule has 0 aliphatic heterocycles. The van der Waals surface area contributed by atoms with Gasteiger partial charge in [0.1, 0.15) is 8.07 Å². The van der Waals surface area contributed by atoms with Gasteiger partial charge in [-0.05, 0) is 10.4 Å². The molecule has 4 nitrogen and oxygen atoms in total. The number of pyridine rings is 2. The van der Waals surface area contributed by atoms with Crippen LogP contribution in [0.15, 0.2) is 67.0 Å². The molecule has 0 saturated heterocycles. The van der Waals surface area contributed by atoms with Crippen molar-refractivity contribution in [3.63, 3.8) is 0 Å². The molecule has 29 heavy (non-hydrogen) atoms. The van der Waals surface area contributed by atoms with E-state index in [1.807, 2.05) is 24.5 Å². The van der Waals surface area contributed by atoms with Crippen LogP contribution >= 0.6 is 0 Å². The summed E-state index contributed by atoms with van der Waals surface area (Å²) in [5, 5.41) is 4.17. The Labute approximate surface area is 176 Å². The second-order valence-electron chi connectivity index (χ2n) is 8.26. The third kappa shape index (κ3) is 4.76. The lowest BCUT2D eigenvalue weighted by atomic mass is 10.4. The van der Waals surface area contributed by atoms with Gasteiger partial charge in [-0.15, -0.1) is 0 Å². The molecule has 1 unspecified atom stereocenters. The summed E-state index contributed by atoms with van der Waals surface area (Å²) >= 11 is 0. The predicted octanol–water partition coefficient (Wildman–Crippen LogP) is 3.30. The molecule has 1 aromatic carbocycles. The number of hydrogen-bond acceptors (Lipinski definition) is 4. The van der Waals surface area contributed by atoms with E-state index in [9.17, 15) is 0 Å². The molecule has 0 fully saturated rings. The average molecular weight is 423 g/mol. The summed E-state index contributed by atoms with van der Waals surface area (Å²) in [6.45, 7) is 7.33. The number of methoxy groups -OCH3 is 2. The molecule has 0 aliphatic rings. The molecule has 152 valence electrons. The smallest absolute Gasteiger partial charge is 0.212 e. The van der Waals surface area contributed by atoms with Gasteiger partial charge in [-0.25, -0.2) is 9.97 Å². The minimum Gasteiger partial charge on any atom is -0.481 e. The summed E-state index contributed by atoms with van der Waals surface area (Å²) in [5.41, 5.74) is 0. The van der Waals surface area contributed by atoms with Gasteiger partial charge in [0.15, 0.2) is 0 Å². The molecule has 1 atom stereocenters. The fourth-order valence-electron chi connectivity index (χ4n) is 3.70. The zero-order chi connectivity index (χ0) is 20.9. The fourth-order valence-corrected chi connectivity index (χ4v) is 12.1. The maximum Gasteiger partial charge on any atom is 0.212 e. The molecule has 0 aliphatic carbocycles. The van der Waals surface area contributed by atoms with Crippen LogP contribution in [0.1, 0.15) is 0 Å². The van der Waals surface area contributed by atoms with Gasteiger partial charge in [0.05, 0.1) is 22.3 Å². The number of rotatable bonds is 8. The molecule has 0 radical (unpaired) electrons. The highest BCUT2D eigenvalue weighted by Gasteiger charge is 2.35. The lowest BCUT2D eigenvalue weighted by Crippen LogP contribution is -2.57. The summed E-state index contributed by atoms with van der Waals surface area (Å²) in [4.78, 5) is 8.95. The van der Waals surface area contributed by atoms with Crippen molar-refractivity contribution in [2.75, 3.05) is 14.2 Å².